The van der Waals surface area contributed by atoms with Gasteiger partial charge in [0.15, 0.2) is 17.9 Å². The summed E-state index contributed by atoms with van der Waals surface area (Å²) in [6.07, 6.45) is 1.40. The summed E-state index contributed by atoms with van der Waals surface area (Å²) < 4.78 is 42.4. The molecule has 3 fully saturated rings. The fourth-order valence-corrected chi connectivity index (χ4v) is 4.63. The van der Waals surface area contributed by atoms with Crippen LogP contribution in [0.1, 0.15) is 46.6 Å². The molecule has 0 aliphatic carbocycles. The third-order valence-electron chi connectivity index (χ3n) is 6.00. The van der Waals surface area contributed by atoms with Crippen LogP contribution in [0.4, 0.5) is 0 Å². The summed E-state index contributed by atoms with van der Waals surface area (Å²) in [5, 5.41) is 0. The van der Waals surface area contributed by atoms with Crippen molar-refractivity contribution in [3.05, 3.63) is 48.0 Å². The Bertz CT molecular complexity index is 851. The second kappa shape index (κ2) is 9.44. The van der Waals surface area contributed by atoms with E-state index < -0.39 is 47.7 Å². The molecule has 1 aromatic rings. The first-order chi connectivity index (χ1) is 15.6. The molecule has 1 aromatic carbocycles. The second-order valence-corrected chi connectivity index (χ2v) is 9.44. The Morgan fingerprint density at radius 3 is 2.48 bits per heavy atom. The van der Waals surface area contributed by atoms with Crippen LogP contribution < -0.4 is 0 Å². The lowest BCUT2D eigenvalue weighted by atomic mass is 9.85. The van der Waals surface area contributed by atoms with E-state index in [1.165, 1.54) is 6.08 Å². The van der Waals surface area contributed by atoms with Crippen molar-refractivity contribution < 1.29 is 38.0 Å². The zero-order valence-electron chi connectivity index (χ0n) is 19.9. The van der Waals surface area contributed by atoms with E-state index in [1.807, 2.05) is 58.0 Å². The molecule has 0 N–H and O–H groups in total. The monoisotopic (exact) mass is 462 g/mol. The number of carbonyl (C=O) groups excluding carboxylic acids is 1. The highest BCUT2D eigenvalue weighted by molar-refractivity contribution is 5.81. The number of ether oxygens (including phenoxy) is 7. The predicted molar refractivity (Wildman–Crippen MR) is 118 cm³/mol. The second-order valence-electron chi connectivity index (χ2n) is 9.44. The molecule has 8 heteroatoms. The highest BCUT2D eigenvalue weighted by atomic mass is 16.9. The third kappa shape index (κ3) is 5.31. The maximum Gasteiger partial charge on any atom is 0.330 e. The summed E-state index contributed by atoms with van der Waals surface area (Å²) in [5.74, 6) is -1.98. The Kier molecular flexibility index (Phi) is 6.96. The lowest BCUT2D eigenvalue weighted by Crippen LogP contribution is -2.55. The molecule has 0 spiro atoms. The average Bonchev–Trinajstić information content (AvgIpc) is 3.36. The fraction of sp³-hybridized carbons (Fsp3) is 0.640. The van der Waals surface area contributed by atoms with Crippen molar-refractivity contribution >= 4 is 5.97 Å². The van der Waals surface area contributed by atoms with E-state index >= 15 is 0 Å². The van der Waals surface area contributed by atoms with Gasteiger partial charge in [-0.2, -0.15) is 0 Å². The van der Waals surface area contributed by atoms with Gasteiger partial charge >= 0.3 is 5.97 Å². The molecule has 0 saturated carbocycles. The van der Waals surface area contributed by atoms with E-state index in [2.05, 4.69) is 0 Å². The van der Waals surface area contributed by atoms with Crippen molar-refractivity contribution in [2.45, 2.75) is 89.4 Å². The molecule has 3 aliphatic rings. The van der Waals surface area contributed by atoms with Crippen molar-refractivity contribution in [3.63, 3.8) is 0 Å². The predicted octanol–water partition coefficient (Wildman–Crippen LogP) is 3.48. The molecule has 0 amide bonds. The quantitative estimate of drug-likeness (QED) is 0.429. The smallest absolute Gasteiger partial charge is 0.330 e. The molecule has 0 unspecified atom stereocenters. The Balaban J connectivity index is 1.66. The van der Waals surface area contributed by atoms with Gasteiger partial charge in [0.25, 0.3) is 0 Å². The molecule has 5 atom stereocenters. The van der Waals surface area contributed by atoms with Gasteiger partial charge < -0.3 is 33.2 Å². The number of carbonyl (C=O) groups is 1. The summed E-state index contributed by atoms with van der Waals surface area (Å²) >= 11 is 0. The van der Waals surface area contributed by atoms with Gasteiger partial charge in [-0.15, -0.1) is 0 Å². The molecule has 4 rings (SSSR count). The van der Waals surface area contributed by atoms with Crippen molar-refractivity contribution in [1.29, 1.82) is 0 Å². The highest BCUT2D eigenvalue weighted by Gasteiger charge is 2.67. The molecule has 33 heavy (non-hydrogen) atoms. The fourth-order valence-electron chi connectivity index (χ4n) is 4.63. The van der Waals surface area contributed by atoms with Gasteiger partial charge in [-0.05, 0) is 40.2 Å². The maximum absolute atomic E-state index is 12.0. The Hall–Kier alpha value is -1.81. The van der Waals surface area contributed by atoms with Crippen LogP contribution in [0.5, 0.6) is 0 Å². The molecule has 3 saturated heterocycles. The SMILES string of the molecule is CCOC(=O)/C=C/C[C@@]1(OCc2ccccc2)[C@@H]([C@H]2COC(C)(C)O2)O[C@@H]2OC(C)(C)O[C@@H]21. The largest absolute Gasteiger partial charge is 0.463 e. The van der Waals surface area contributed by atoms with E-state index in [0.717, 1.165) is 5.56 Å². The van der Waals surface area contributed by atoms with Crippen LogP contribution >= 0.6 is 0 Å². The number of benzene rings is 1. The molecule has 8 nitrogen and oxygen atoms in total. The Labute approximate surface area is 195 Å². The van der Waals surface area contributed by atoms with Crippen LogP contribution in [0.2, 0.25) is 0 Å². The topological polar surface area (TPSA) is 81.7 Å². The minimum atomic E-state index is -0.980. The average molecular weight is 463 g/mol. The lowest BCUT2D eigenvalue weighted by molar-refractivity contribution is -0.257. The molecule has 182 valence electrons. The minimum absolute atomic E-state index is 0.308. The molecule has 3 aliphatic heterocycles. The first kappa shape index (κ1) is 24.3. The normalized spacial score (nSPS) is 34.6. The van der Waals surface area contributed by atoms with Crippen molar-refractivity contribution in [2.75, 3.05) is 13.2 Å². The van der Waals surface area contributed by atoms with Gasteiger partial charge in [0.2, 0.25) is 0 Å². The van der Waals surface area contributed by atoms with Crippen molar-refractivity contribution in [2.24, 2.45) is 0 Å². The van der Waals surface area contributed by atoms with E-state index in [-0.39, 0.29) is 0 Å². The van der Waals surface area contributed by atoms with Gasteiger partial charge in [0.1, 0.15) is 23.9 Å². The van der Waals surface area contributed by atoms with Crippen LogP contribution in [0.3, 0.4) is 0 Å². The number of fused-ring (bicyclic) bond motifs is 1. The molecule has 0 radical (unpaired) electrons. The molecular formula is C25H34O8. The zero-order valence-corrected chi connectivity index (χ0v) is 19.9. The summed E-state index contributed by atoms with van der Waals surface area (Å²) in [5.41, 5.74) is 0.0293. The summed E-state index contributed by atoms with van der Waals surface area (Å²) in [4.78, 5) is 12.0. The number of rotatable bonds is 8. The zero-order chi connectivity index (χ0) is 23.7. The summed E-state index contributed by atoms with van der Waals surface area (Å²) in [6, 6.07) is 9.89. The first-order valence-electron chi connectivity index (χ1n) is 11.5. The molecular weight excluding hydrogens is 428 g/mol. The standard InChI is InChI=1S/C25H34O8/c1-6-27-19(26)13-10-14-25(29-15-17-11-8-7-9-12-17)20(18-16-28-23(2,3)31-18)30-22-21(25)32-24(4,5)33-22/h7-13,18,20-22H,6,14-16H2,1-5H3/b13-10+/t18-,20-,21+,22-,25-/m1/s1. The van der Waals surface area contributed by atoms with Gasteiger partial charge in [-0.1, -0.05) is 36.4 Å². The van der Waals surface area contributed by atoms with Crippen LogP contribution in [-0.2, 0) is 44.6 Å². The van der Waals surface area contributed by atoms with Crippen molar-refractivity contribution in [3.8, 4) is 0 Å². The van der Waals surface area contributed by atoms with Crippen LogP contribution in [-0.4, -0.2) is 61.0 Å². The van der Waals surface area contributed by atoms with E-state index in [9.17, 15) is 4.79 Å². The van der Waals surface area contributed by atoms with Crippen LogP contribution in [0.15, 0.2) is 42.5 Å². The third-order valence-corrected chi connectivity index (χ3v) is 6.00. The van der Waals surface area contributed by atoms with E-state index in [0.29, 0.717) is 26.2 Å². The van der Waals surface area contributed by atoms with Crippen molar-refractivity contribution in [1.82, 2.24) is 0 Å². The number of hydrogen-bond acceptors (Lipinski definition) is 8. The van der Waals surface area contributed by atoms with Gasteiger partial charge in [0, 0.05) is 12.5 Å². The summed E-state index contributed by atoms with van der Waals surface area (Å²) in [6.45, 7) is 10.2. The highest BCUT2D eigenvalue weighted by Crippen LogP contribution is 2.49. The molecule has 0 aromatic heterocycles. The van der Waals surface area contributed by atoms with Gasteiger partial charge in [-0.25, -0.2) is 4.79 Å². The maximum atomic E-state index is 12.0. The number of esters is 1. The number of hydrogen-bond donors (Lipinski definition) is 0. The van der Waals surface area contributed by atoms with Crippen LogP contribution in [0.25, 0.3) is 0 Å². The van der Waals surface area contributed by atoms with Gasteiger partial charge in [0.05, 0.1) is 19.8 Å². The molecule has 0 bridgehead atoms. The minimum Gasteiger partial charge on any atom is -0.463 e. The first-order valence-corrected chi connectivity index (χ1v) is 11.5. The Morgan fingerprint density at radius 1 is 1.06 bits per heavy atom. The lowest BCUT2D eigenvalue weighted by Gasteiger charge is -2.39. The Morgan fingerprint density at radius 2 is 1.82 bits per heavy atom. The van der Waals surface area contributed by atoms with E-state index in [4.69, 9.17) is 33.2 Å². The van der Waals surface area contributed by atoms with Crippen LogP contribution in [0, 0.1) is 0 Å². The summed E-state index contributed by atoms with van der Waals surface area (Å²) in [7, 11) is 0. The van der Waals surface area contributed by atoms with E-state index in [1.54, 1.807) is 13.0 Å². The van der Waals surface area contributed by atoms with Gasteiger partial charge in [-0.3, -0.25) is 0 Å². The molecule has 3 heterocycles.